The number of Topliss-reactive ketones (excluding diaryl/α,β-unsaturated/α-hetero) is 1. The molecule has 2 N–H and O–H groups in total. The zero-order valence-corrected chi connectivity index (χ0v) is 26.7. The number of amides is 1. The van der Waals surface area contributed by atoms with E-state index in [2.05, 4.69) is 21.2 Å². The molecule has 1 heterocycles. The number of hydrogen-bond acceptors (Lipinski definition) is 4. The molecule has 0 unspecified atom stereocenters. The summed E-state index contributed by atoms with van der Waals surface area (Å²) < 4.78 is 16.7. The lowest BCUT2D eigenvalue weighted by Gasteiger charge is -2.17. The molecule has 1 atom stereocenters. The molecule has 45 heavy (non-hydrogen) atoms. The fourth-order valence-electron chi connectivity index (χ4n) is 4.95. The van der Waals surface area contributed by atoms with Crippen LogP contribution in [0.1, 0.15) is 38.8 Å². The van der Waals surface area contributed by atoms with Gasteiger partial charge in [0.25, 0.3) is 5.91 Å². The van der Waals surface area contributed by atoms with Crippen LogP contribution in [0.3, 0.4) is 0 Å². The van der Waals surface area contributed by atoms with Gasteiger partial charge in [-0.3, -0.25) is 14.4 Å². The lowest BCUT2D eigenvalue weighted by molar-refractivity contribution is -0.119. The van der Waals surface area contributed by atoms with Crippen molar-refractivity contribution in [3.8, 4) is 11.1 Å². The van der Waals surface area contributed by atoms with E-state index in [1.807, 2.05) is 6.07 Å². The van der Waals surface area contributed by atoms with Gasteiger partial charge >= 0.3 is 5.97 Å². The van der Waals surface area contributed by atoms with Crippen LogP contribution in [0.4, 0.5) is 4.39 Å². The monoisotopic (exact) mass is 708 g/mol. The van der Waals surface area contributed by atoms with Crippen LogP contribution in [0.15, 0.2) is 94.3 Å². The summed E-state index contributed by atoms with van der Waals surface area (Å²) in [6.45, 7) is 1.70. The summed E-state index contributed by atoms with van der Waals surface area (Å²) in [5.74, 6) is -2.97. The van der Waals surface area contributed by atoms with Crippen LogP contribution in [0, 0.1) is 5.82 Å². The molecule has 0 radical (unpaired) electrons. The van der Waals surface area contributed by atoms with Crippen molar-refractivity contribution in [2.45, 2.75) is 25.9 Å². The maximum absolute atomic E-state index is 14.8. The number of halogens is 4. The molecule has 7 nitrogen and oxygen atoms in total. The number of ketones is 1. The molecular formula is C34H24BrCl2FN2O5. The van der Waals surface area contributed by atoms with E-state index in [-0.39, 0.29) is 34.2 Å². The molecule has 0 fully saturated rings. The first-order valence-electron chi connectivity index (χ1n) is 13.6. The van der Waals surface area contributed by atoms with Gasteiger partial charge in [-0.05, 0) is 69.9 Å². The van der Waals surface area contributed by atoms with Crippen LogP contribution in [-0.2, 0) is 17.8 Å². The third-order valence-corrected chi connectivity index (χ3v) is 8.99. The number of aromatic nitrogens is 1. The van der Waals surface area contributed by atoms with Crippen LogP contribution >= 0.6 is 39.1 Å². The van der Waals surface area contributed by atoms with Crippen molar-refractivity contribution in [3.63, 3.8) is 0 Å². The van der Waals surface area contributed by atoms with Gasteiger partial charge in [0.2, 0.25) is 5.43 Å². The SMILES string of the molecule is C[C@H](NC(=O)c1ccc(-c2ccccc2)c(F)c1)C(=O)Cc1ccc2c(c1Br)c(=O)c(C(=O)O)cn2Cc1ccc(Cl)c(Cl)c1. The highest BCUT2D eigenvalue weighted by Gasteiger charge is 2.22. The van der Waals surface area contributed by atoms with Crippen molar-refractivity contribution in [3.05, 3.63) is 138 Å². The molecule has 0 aliphatic heterocycles. The number of fused-ring (bicyclic) bond motifs is 1. The Morgan fingerprint density at radius 3 is 2.38 bits per heavy atom. The maximum Gasteiger partial charge on any atom is 0.341 e. The summed E-state index contributed by atoms with van der Waals surface area (Å²) in [6.07, 6.45) is 1.09. The molecule has 0 saturated carbocycles. The number of carbonyl (C=O) groups is 3. The minimum absolute atomic E-state index is 0.0578. The highest BCUT2D eigenvalue weighted by Crippen LogP contribution is 2.29. The van der Waals surface area contributed by atoms with E-state index in [1.54, 1.807) is 59.2 Å². The molecule has 1 amide bonds. The highest BCUT2D eigenvalue weighted by molar-refractivity contribution is 9.10. The second kappa shape index (κ2) is 13.4. The predicted octanol–water partition coefficient (Wildman–Crippen LogP) is 7.55. The molecular weight excluding hydrogens is 686 g/mol. The van der Waals surface area contributed by atoms with Crippen LogP contribution in [0.2, 0.25) is 10.0 Å². The lowest BCUT2D eigenvalue weighted by Crippen LogP contribution is -2.39. The number of aromatic carboxylic acids is 1. The van der Waals surface area contributed by atoms with E-state index in [1.165, 1.54) is 25.3 Å². The van der Waals surface area contributed by atoms with Gasteiger partial charge in [-0.1, -0.05) is 71.7 Å². The Morgan fingerprint density at radius 1 is 0.978 bits per heavy atom. The second-order valence-corrected chi connectivity index (χ2v) is 12.0. The van der Waals surface area contributed by atoms with Crippen molar-refractivity contribution >= 4 is 67.7 Å². The first-order chi connectivity index (χ1) is 21.4. The smallest absolute Gasteiger partial charge is 0.341 e. The summed E-state index contributed by atoms with van der Waals surface area (Å²) in [5.41, 5.74) is 1.49. The Labute approximate surface area is 275 Å². The third kappa shape index (κ3) is 6.86. The average molecular weight is 710 g/mol. The van der Waals surface area contributed by atoms with Crippen molar-refractivity contribution in [1.29, 1.82) is 0 Å². The highest BCUT2D eigenvalue weighted by atomic mass is 79.9. The standard InChI is InChI=1S/C34H24BrCl2FN2O5/c1-18(39-33(43)22-8-10-23(27(38)14-22)20-5-3-2-4-6-20)29(41)15-21-9-12-28-30(31(21)35)32(42)24(34(44)45)17-40(28)16-19-7-11-25(36)26(37)13-19/h2-14,17-18H,15-16H2,1H3,(H,39,43)(H,44,45)/t18-/m0/s1. The van der Waals surface area contributed by atoms with Crippen LogP contribution in [0.5, 0.6) is 0 Å². The van der Waals surface area contributed by atoms with Gasteiger partial charge in [-0.25, -0.2) is 9.18 Å². The molecule has 5 rings (SSSR count). The molecule has 4 aromatic carbocycles. The molecule has 0 aliphatic carbocycles. The normalized spacial score (nSPS) is 11.8. The van der Waals surface area contributed by atoms with Crippen molar-refractivity contribution in [2.24, 2.45) is 0 Å². The summed E-state index contributed by atoms with van der Waals surface area (Å²) in [7, 11) is 0. The largest absolute Gasteiger partial charge is 0.477 e. The Morgan fingerprint density at radius 2 is 1.71 bits per heavy atom. The lowest BCUT2D eigenvalue weighted by atomic mass is 10.0. The molecule has 0 spiro atoms. The average Bonchev–Trinajstić information content (AvgIpc) is 3.01. The summed E-state index contributed by atoms with van der Waals surface area (Å²) in [4.78, 5) is 51.3. The molecule has 0 saturated heterocycles. The van der Waals surface area contributed by atoms with Gasteiger partial charge in [-0.15, -0.1) is 0 Å². The Balaban J connectivity index is 1.39. The maximum atomic E-state index is 14.8. The molecule has 1 aromatic heterocycles. The number of benzene rings is 4. The minimum atomic E-state index is -1.40. The Bertz CT molecular complexity index is 2050. The van der Waals surface area contributed by atoms with Gasteiger partial charge in [0.15, 0.2) is 5.78 Å². The fourth-order valence-corrected chi connectivity index (χ4v) is 5.92. The minimum Gasteiger partial charge on any atom is -0.477 e. The third-order valence-electron chi connectivity index (χ3n) is 7.34. The number of nitrogens with zero attached hydrogens (tertiary/aromatic N) is 1. The number of carboxylic acid groups (broad SMARTS) is 1. The van der Waals surface area contributed by atoms with Gasteiger partial charge in [0, 0.05) is 34.8 Å². The molecule has 0 bridgehead atoms. The van der Waals surface area contributed by atoms with Crippen molar-refractivity contribution in [1.82, 2.24) is 9.88 Å². The number of pyridine rings is 1. The van der Waals surface area contributed by atoms with Gasteiger partial charge in [0.1, 0.15) is 11.4 Å². The van der Waals surface area contributed by atoms with E-state index >= 15 is 0 Å². The van der Waals surface area contributed by atoms with E-state index < -0.39 is 34.7 Å². The molecule has 0 aliphatic rings. The van der Waals surface area contributed by atoms with Crippen LogP contribution in [0.25, 0.3) is 22.0 Å². The van der Waals surface area contributed by atoms with E-state index in [0.717, 1.165) is 11.6 Å². The molecule has 228 valence electrons. The van der Waals surface area contributed by atoms with Crippen molar-refractivity contribution < 1.29 is 23.9 Å². The molecule has 11 heteroatoms. The fraction of sp³-hybridized carbons (Fsp3) is 0.118. The zero-order valence-electron chi connectivity index (χ0n) is 23.6. The number of carbonyl (C=O) groups excluding carboxylic acids is 2. The Kier molecular flexibility index (Phi) is 9.53. The number of hydrogen-bond donors (Lipinski definition) is 2. The molecule has 5 aromatic rings. The predicted molar refractivity (Wildman–Crippen MR) is 176 cm³/mol. The van der Waals surface area contributed by atoms with Gasteiger partial charge in [-0.2, -0.15) is 0 Å². The number of carboxylic acids is 1. The summed E-state index contributed by atoms with van der Waals surface area (Å²) in [6, 6.07) is 20.4. The topological polar surface area (TPSA) is 105 Å². The van der Waals surface area contributed by atoms with Gasteiger partial charge < -0.3 is 15.0 Å². The van der Waals surface area contributed by atoms with E-state index in [0.29, 0.717) is 32.3 Å². The second-order valence-electron chi connectivity index (χ2n) is 10.4. The first kappa shape index (κ1) is 32.1. The quantitative estimate of drug-likeness (QED) is 0.164. The number of rotatable bonds is 9. The van der Waals surface area contributed by atoms with E-state index in [4.69, 9.17) is 23.2 Å². The number of nitrogens with one attached hydrogen (secondary N) is 1. The van der Waals surface area contributed by atoms with Crippen LogP contribution < -0.4 is 10.7 Å². The Hall–Kier alpha value is -4.31. The van der Waals surface area contributed by atoms with E-state index in [9.17, 15) is 28.7 Å². The van der Waals surface area contributed by atoms with Gasteiger partial charge in [0.05, 0.1) is 27.0 Å². The summed E-state index contributed by atoms with van der Waals surface area (Å²) >= 11 is 15.6. The summed E-state index contributed by atoms with van der Waals surface area (Å²) in [5, 5.41) is 13.1. The first-order valence-corrected chi connectivity index (χ1v) is 15.2. The van der Waals surface area contributed by atoms with Crippen LogP contribution in [-0.4, -0.2) is 33.4 Å². The van der Waals surface area contributed by atoms with Crippen molar-refractivity contribution in [2.75, 3.05) is 0 Å². The zero-order chi connectivity index (χ0) is 32.4.